The van der Waals surface area contributed by atoms with Crippen LogP contribution in [0, 0.1) is 11.8 Å². The molecule has 0 aliphatic rings. The third-order valence-corrected chi connectivity index (χ3v) is 7.09. The standard InChI is InChI=1S/C31H51N7O8/c1-19(2)24(26(33)39)37-28(41)25(20(3)4)38-27(40)22(35-30(44)36-23(29(42)43)15-8-10-16-32)14-9-11-17-34-31(45)46-18-21-12-6-5-7-13-21/h5-7,12-13,19-20,22-25H,8-11,14-18,32H2,1-4H3,(H2,33,39)(H,34,45)(H,37,41)(H,38,40)(H,42,43)(H2,35,36,44)/t22-,23+,24?,25?/m1/s1. The van der Waals surface area contributed by atoms with Crippen LogP contribution in [0.15, 0.2) is 30.3 Å². The fourth-order valence-electron chi connectivity index (χ4n) is 4.41. The van der Waals surface area contributed by atoms with E-state index in [1.807, 2.05) is 30.3 Å². The van der Waals surface area contributed by atoms with Gasteiger partial charge in [-0.25, -0.2) is 14.4 Å². The highest BCUT2D eigenvalue weighted by atomic mass is 16.5. The Labute approximate surface area is 270 Å². The number of carboxylic acid groups (broad SMARTS) is 1. The third kappa shape index (κ3) is 15.5. The molecule has 15 nitrogen and oxygen atoms in total. The van der Waals surface area contributed by atoms with Crippen molar-refractivity contribution >= 4 is 35.8 Å². The lowest BCUT2D eigenvalue weighted by molar-refractivity contribution is -0.139. The maximum atomic E-state index is 13.4. The van der Waals surface area contributed by atoms with Gasteiger partial charge in [0.25, 0.3) is 0 Å². The van der Waals surface area contributed by atoms with Gasteiger partial charge in [0.05, 0.1) is 0 Å². The fraction of sp³-hybridized carbons (Fsp3) is 0.613. The summed E-state index contributed by atoms with van der Waals surface area (Å²) in [5, 5.41) is 22.3. The molecule has 10 N–H and O–H groups in total. The fourth-order valence-corrected chi connectivity index (χ4v) is 4.41. The Hall–Kier alpha value is -4.40. The van der Waals surface area contributed by atoms with Crippen LogP contribution in [-0.2, 0) is 30.5 Å². The molecule has 0 aromatic heterocycles. The van der Waals surface area contributed by atoms with E-state index in [1.165, 1.54) is 0 Å². The highest BCUT2D eigenvalue weighted by Crippen LogP contribution is 2.09. The van der Waals surface area contributed by atoms with Crippen LogP contribution in [0.1, 0.15) is 71.8 Å². The summed E-state index contributed by atoms with van der Waals surface area (Å²) >= 11 is 0. The number of carbonyl (C=O) groups excluding carboxylic acids is 5. The van der Waals surface area contributed by atoms with E-state index in [9.17, 15) is 33.9 Å². The van der Waals surface area contributed by atoms with E-state index < -0.39 is 65.9 Å². The molecule has 0 aliphatic carbocycles. The van der Waals surface area contributed by atoms with Crippen molar-refractivity contribution in [2.75, 3.05) is 13.1 Å². The van der Waals surface area contributed by atoms with Gasteiger partial charge in [-0.05, 0) is 62.5 Å². The molecule has 0 radical (unpaired) electrons. The van der Waals surface area contributed by atoms with Gasteiger partial charge in [0.1, 0.15) is 30.8 Å². The lowest BCUT2D eigenvalue weighted by Crippen LogP contribution is -2.59. The van der Waals surface area contributed by atoms with Crippen LogP contribution in [0.25, 0.3) is 0 Å². The Morgan fingerprint density at radius 2 is 1.33 bits per heavy atom. The third-order valence-electron chi connectivity index (χ3n) is 7.09. The zero-order valence-corrected chi connectivity index (χ0v) is 27.2. The molecule has 0 spiro atoms. The van der Waals surface area contributed by atoms with Crippen molar-refractivity contribution in [3.05, 3.63) is 35.9 Å². The van der Waals surface area contributed by atoms with E-state index in [0.717, 1.165) is 5.56 Å². The van der Waals surface area contributed by atoms with Crippen LogP contribution in [0.3, 0.4) is 0 Å². The predicted molar refractivity (Wildman–Crippen MR) is 171 cm³/mol. The number of unbranched alkanes of at least 4 members (excludes halogenated alkanes) is 2. The first kappa shape index (κ1) is 39.6. The molecule has 1 aromatic rings. The summed E-state index contributed by atoms with van der Waals surface area (Å²) in [6, 6.07) is 3.93. The van der Waals surface area contributed by atoms with E-state index in [1.54, 1.807) is 27.7 Å². The van der Waals surface area contributed by atoms with Gasteiger partial charge in [0.2, 0.25) is 17.7 Å². The van der Waals surface area contributed by atoms with Crippen LogP contribution in [0.4, 0.5) is 9.59 Å². The molecule has 0 aliphatic heterocycles. The quantitative estimate of drug-likeness (QED) is 0.0888. The molecule has 4 atom stereocenters. The normalized spacial score (nSPS) is 13.5. The van der Waals surface area contributed by atoms with Crippen molar-refractivity contribution in [2.45, 2.75) is 97.0 Å². The average Bonchev–Trinajstić information content (AvgIpc) is 2.99. The molecule has 6 amide bonds. The molecule has 0 bridgehead atoms. The Bertz CT molecular complexity index is 1130. The number of carboxylic acids is 1. The molecule has 0 heterocycles. The van der Waals surface area contributed by atoms with Crippen LogP contribution < -0.4 is 38.1 Å². The number of amides is 6. The molecule has 46 heavy (non-hydrogen) atoms. The molecule has 2 unspecified atom stereocenters. The molecule has 1 rings (SSSR count). The number of aliphatic carboxylic acids is 1. The van der Waals surface area contributed by atoms with E-state index in [4.69, 9.17) is 16.2 Å². The second-order valence-electron chi connectivity index (χ2n) is 11.7. The first-order chi connectivity index (χ1) is 21.8. The Morgan fingerprint density at radius 3 is 1.89 bits per heavy atom. The van der Waals surface area contributed by atoms with Gasteiger partial charge in [0, 0.05) is 6.54 Å². The lowest BCUT2D eigenvalue weighted by atomic mass is 9.99. The van der Waals surface area contributed by atoms with E-state index in [2.05, 4.69) is 26.6 Å². The molecular weight excluding hydrogens is 598 g/mol. The SMILES string of the molecule is CC(C)C(NC(=O)C(NC(=O)[C@@H](CCCCNC(=O)OCc1ccccc1)NC(=O)N[C@@H](CCCCN)C(=O)O)C(C)C)C(N)=O. The zero-order valence-electron chi connectivity index (χ0n) is 27.2. The summed E-state index contributed by atoms with van der Waals surface area (Å²) < 4.78 is 5.18. The number of carbonyl (C=O) groups is 6. The lowest BCUT2D eigenvalue weighted by Gasteiger charge is -2.28. The maximum Gasteiger partial charge on any atom is 0.407 e. The molecule has 0 saturated carbocycles. The van der Waals surface area contributed by atoms with E-state index >= 15 is 0 Å². The largest absolute Gasteiger partial charge is 0.480 e. The zero-order chi connectivity index (χ0) is 34.6. The molecule has 15 heteroatoms. The van der Waals surface area contributed by atoms with Gasteiger partial charge < -0.3 is 47.9 Å². The summed E-state index contributed by atoms with van der Waals surface area (Å²) in [5.74, 6) is -3.94. The summed E-state index contributed by atoms with van der Waals surface area (Å²) in [7, 11) is 0. The number of primary amides is 1. The van der Waals surface area contributed by atoms with Crippen LogP contribution in [-0.4, -0.2) is 78.2 Å². The summed E-state index contributed by atoms with van der Waals surface area (Å²) in [5.41, 5.74) is 11.7. The number of hydrogen-bond donors (Lipinski definition) is 8. The summed E-state index contributed by atoms with van der Waals surface area (Å²) in [6.45, 7) is 7.56. The second-order valence-corrected chi connectivity index (χ2v) is 11.7. The van der Waals surface area contributed by atoms with Gasteiger partial charge in [0.15, 0.2) is 0 Å². The number of urea groups is 1. The second kappa shape index (κ2) is 21.4. The van der Waals surface area contributed by atoms with E-state index in [0.29, 0.717) is 32.2 Å². The molecule has 0 fully saturated rings. The summed E-state index contributed by atoms with van der Waals surface area (Å²) in [6.07, 6.45) is 1.50. The molecule has 258 valence electrons. The number of nitrogens with two attached hydrogens (primary N) is 2. The molecule has 1 aromatic carbocycles. The Morgan fingerprint density at radius 1 is 0.761 bits per heavy atom. The van der Waals surface area contributed by atoms with Gasteiger partial charge >= 0.3 is 18.1 Å². The number of ether oxygens (including phenoxy) is 1. The first-order valence-corrected chi connectivity index (χ1v) is 15.6. The van der Waals surface area contributed by atoms with Crippen molar-refractivity contribution < 1.29 is 38.6 Å². The van der Waals surface area contributed by atoms with Crippen molar-refractivity contribution in [1.82, 2.24) is 26.6 Å². The Kier molecular flexibility index (Phi) is 18.4. The number of nitrogens with one attached hydrogen (secondary N) is 5. The highest BCUT2D eigenvalue weighted by molar-refractivity contribution is 5.94. The Balaban J connectivity index is 2.90. The minimum atomic E-state index is -1.23. The van der Waals surface area contributed by atoms with Crippen LogP contribution in [0.5, 0.6) is 0 Å². The van der Waals surface area contributed by atoms with Crippen molar-refractivity contribution in [1.29, 1.82) is 0 Å². The highest BCUT2D eigenvalue weighted by Gasteiger charge is 2.32. The molecular formula is C31H51N7O8. The summed E-state index contributed by atoms with van der Waals surface area (Å²) in [4.78, 5) is 74.9. The number of hydrogen-bond acceptors (Lipinski definition) is 8. The predicted octanol–water partition coefficient (Wildman–Crippen LogP) is 1.10. The van der Waals surface area contributed by atoms with Gasteiger partial charge in [-0.2, -0.15) is 0 Å². The minimum Gasteiger partial charge on any atom is -0.480 e. The van der Waals surface area contributed by atoms with Crippen molar-refractivity contribution in [3.8, 4) is 0 Å². The van der Waals surface area contributed by atoms with Gasteiger partial charge in [-0.15, -0.1) is 0 Å². The maximum absolute atomic E-state index is 13.4. The number of alkyl carbamates (subject to hydrolysis) is 1. The molecule has 0 saturated heterocycles. The monoisotopic (exact) mass is 649 g/mol. The van der Waals surface area contributed by atoms with E-state index in [-0.39, 0.29) is 31.9 Å². The van der Waals surface area contributed by atoms with Crippen molar-refractivity contribution in [2.24, 2.45) is 23.3 Å². The van der Waals surface area contributed by atoms with Crippen LogP contribution >= 0.6 is 0 Å². The minimum absolute atomic E-state index is 0.104. The van der Waals surface area contributed by atoms with Crippen molar-refractivity contribution in [3.63, 3.8) is 0 Å². The van der Waals surface area contributed by atoms with Gasteiger partial charge in [-0.1, -0.05) is 58.0 Å². The topological polar surface area (TPSA) is 244 Å². The van der Waals surface area contributed by atoms with Crippen LogP contribution in [0.2, 0.25) is 0 Å². The van der Waals surface area contributed by atoms with Gasteiger partial charge in [-0.3, -0.25) is 14.4 Å². The average molecular weight is 650 g/mol. The number of rotatable bonds is 21. The number of benzene rings is 1. The smallest absolute Gasteiger partial charge is 0.407 e. The first-order valence-electron chi connectivity index (χ1n) is 15.6.